The van der Waals surface area contributed by atoms with Gasteiger partial charge in [-0.3, -0.25) is 14.4 Å². The molecule has 0 aromatic rings. The fraction of sp³-hybridized carbons (Fsp3) is 0.871. The van der Waals surface area contributed by atoms with E-state index in [0.717, 1.165) is 50.9 Å². The van der Waals surface area contributed by atoms with Crippen molar-refractivity contribution in [2.75, 3.05) is 0 Å². The quantitative estimate of drug-likeness (QED) is 0.0683. The minimum Gasteiger partial charge on any atom is -0.481 e. The van der Waals surface area contributed by atoms with E-state index < -0.39 is 41.8 Å². The number of carboxylic acid groups (broad SMARTS) is 3. The van der Waals surface area contributed by atoms with Crippen LogP contribution in [0.3, 0.4) is 0 Å². The number of hydrogen-bond donors (Lipinski definition) is 3. The molecule has 0 aromatic heterocycles. The molecule has 0 spiro atoms. The van der Waals surface area contributed by atoms with E-state index in [9.17, 15) is 34.5 Å². The molecule has 2 atom stereocenters. The summed E-state index contributed by atoms with van der Waals surface area (Å²) in [5.74, 6) is -6.41. The smallest absolute Gasteiger partial charge is 0.349 e. The largest absolute Gasteiger partial charge is 0.481 e. The van der Waals surface area contributed by atoms with Crippen molar-refractivity contribution in [3.8, 4) is 0 Å². The topological polar surface area (TPSA) is 138 Å². The van der Waals surface area contributed by atoms with Gasteiger partial charge in [-0.15, -0.1) is 0 Å². The van der Waals surface area contributed by atoms with Crippen molar-refractivity contribution in [1.29, 1.82) is 0 Å². The van der Waals surface area contributed by atoms with Crippen LogP contribution in [0.25, 0.3) is 0 Å². The maximum atomic E-state index is 12.4. The summed E-state index contributed by atoms with van der Waals surface area (Å²) < 4.78 is 5.21. The lowest BCUT2D eigenvalue weighted by Crippen LogP contribution is -2.54. The lowest BCUT2D eigenvalue weighted by Gasteiger charge is -2.33. The molecule has 8 nitrogen and oxygen atoms in total. The summed E-state index contributed by atoms with van der Waals surface area (Å²) in [6.45, 7) is 6.59. The molecule has 0 saturated carbocycles. The summed E-state index contributed by atoms with van der Waals surface area (Å²) in [4.78, 5) is 48.3. The van der Waals surface area contributed by atoms with Crippen molar-refractivity contribution >= 4 is 23.9 Å². The Balaban J connectivity index is 4.59. The molecule has 0 aromatic carbocycles. The Bertz CT molecular complexity index is 690. The van der Waals surface area contributed by atoms with Gasteiger partial charge in [-0.1, -0.05) is 130 Å². The molecule has 228 valence electrons. The summed E-state index contributed by atoms with van der Waals surface area (Å²) in [7, 11) is 0. The van der Waals surface area contributed by atoms with E-state index in [1.165, 1.54) is 51.4 Å². The number of rotatable bonds is 27. The Morgan fingerprint density at radius 3 is 1.49 bits per heavy atom. The predicted octanol–water partition coefficient (Wildman–Crippen LogP) is 8.01. The number of carbonyl (C=O) groups is 4. The number of esters is 1. The third-order valence-corrected chi connectivity index (χ3v) is 7.44. The molecule has 3 N–H and O–H groups in total. The molecule has 0 radical (unpaired) electrons. The third kappa shape index (κ3) is 18.0. The third-order valence-electron chi connectivity index (χ3n) is 7.44. The molecule has 39 heavy (non-hydrogen) atoms. The fourth-order valence-electron chi connectivity index (χ4n) is 5.08. The van der Waals surface area contributed by atoms with Gasteiger partial charge in [0.1, 0.15) is 5.92 Å². The number of unbranched alkanes of at least 4 members (excludes halogenated alkanes) is 15. The van der Waals surface area contributed by atoms with E-state index in [1.807, 2.05) is 0 Å². The first-order valence-corrected chi connectivity index (χ1v) is 15.5. The Kier molecular flexibility index (Phi) is 21.4. The van der Waals surface area contributed by atoms with Gasteiger partial charge in [-0.05, 0) is 18.8 Å². The molecular formula is C31H56O8. The van der Waals surface area contributed by atoms with Crippen molar-refractivity contribution in [1.82, 2.24) is 0 Å². The first kappa shape index (κ1) is 36.9. The minimum absolute atomic E-state index is 0.0600. The first-order valence-electron chi connectivity index (χ1n) is 15.5. The highest BCUT2D eigenvalue weighted by Crippen LogP contribution is 2.33. The van der Waals surface area contributed by atoms with Crippen molar-refractivity contribution in [2.45, 2.75) is 161 Å². The van der Waals surface area contributed by atoms with Gasteiger partial charge in [0.15, 0.2) is 0 Å². The summed E-state index contributed by atoms with van der Waals surface area (Å²) in [5, 5.41) is 29.1. The minimum atomic E-state index is -2.62. The van der Waals surface area contributed by atoms with Gasteiger partial charge in [0.25, 0.3) is 0 Å². The van der Waals surface area contributed by atoms with Crippen molar-refractivity contribution < 1.29 is 39.2 Å². The zero-order valence-corrected chi connectivity index (χ0v) is 24.9. The van der Waals surface area contributed by atoms with Gasteiger partial charge in [0, 0.05) is 6.42 Å². The van der Waals surface area contributed by atoms with Crippen LogP contribution in [-0.4, -0.2) is 44.8 Å². The van der Waals surface area contributed by atoms with E-state index in [0.29, 0.717) is 19.3 Å². The van der Waals surface area contributed by atoms with Gasteiger partial charge in [-0.25, -0.2) is 4.79 Å². The number of carboxylic acids is 3. The number of hydrogen-bond acceptors (Lipinski definition) is 5. The highest BCUT2D eigenvalue weighted by atomic mass is 16.6. The molecule has 0 heterocycles. The molecule has 0 fully saturated rings. The van der Waals surface area contributed by atoms with Crippen LogP contribution >= 0.6 is 0 Å². The molecule has 0 saturated heterocycles. The second-order valence-electron chi connectivity index (χ2n) is 11.5. The van der Waals surface area contributed by atoms with Crippen molar-refractivity contribution in [3.05, 3.63) is 0 Å². The maximum Gasteiger partial charge on any atom is 0.349 e. The van der Waals surface area contributed by atoms with Crippen LogP contribution in [0.4, 0.5) is 0 Å². The van der Waals surface area contributed by atoms with Crippen molar-refractivity contribution in [3.63, 3.8) is 0 Å². The van der Waals surface area contributed by atoms with Crippen LogP contribution in [-0.2, 0) is 23.9 Å². The van der Waals surface area contributed by atoms with Gasteiger partial charge >= 0.3 is 23.9 Å². The monoisotopic (exact) mass is 556 g/mol. The Morgan fingerprint density at radius 2 is 1.08 bits per heavy atom. The van der Waals surface area contributed by atoms with Crippen LogP contribution in [0.2, 0.25) is 0 Å². The van der Waals surface area contributed by atoms with E-state index in [4.69, 9.17) is 4.74 Å². The highest BCUT2D eigenvalue weighted by Gasteiger charge is 2.54. The molecule has 0 amide bonds. The number of aliphatic carboxylic acids is 3. The molecule has 0 bridgehead atoms. The fourth-order valence-corrected chi connectivity index (χ4v) is 5.08. The Hall–Kier alpha value is -2.12. The predicted molar refractivity (Wildman–Crippen MR) is 153 cm³/mol. The van der Waals surface area contributed by atoms with E-state index in [1.54, 1.807) is 0 Å². The van der Waals surface area contributed by atoms with Crippen LogP contribution in [0.5, 0.6) is 0 Å². The van der Waals surface area contributed by atoms with Gasteiger partial charge in [-0.2, -0.15) is 0 Å². The summed E-state index contributed by atoms with van der Waals surface area (Å²) in [6.07, 6.45) is 17.4. The molecule has 0 aliphatic rings. The van der Waals surface area contributed by atoms with E-state index in [-0.39, 0.29) is 12.8 Å². The standard InChI is InChI=1S/C31H56O8/c1-4-5-6-15-20-23-28(34)39-31(30(37)38,24-27(32)33)26(29(35)36)22-19-17-14-12-10-8-7-9-11-13-16-18-21-25(2)3/h25-26H,4-24H2,1-3H3,(H,32,33)(H,35,36)(H,37,38). The number of carbonyl (C=O) groups excluding carboxylic acids is 1. The maximum absolute atomic E-state index is 12.4. The van der Waals surface area contributed by atoms with Crippen LogP contribution in [0.1, 0.15) is 156 Å². The summed E-state index contributed by atoms with van der Waals surface area (Å²) in [5.41, 5.74) is -2.62. The van der Waals surface area contributed by atoms with Crippen LogP contribution < -0.4 is 0 Å². The van der Waals surface area contributed by atoms with Gasteiger partial charge in [0.05, 0.1) is 6.42 Å². The molecule has 0 aliphatic carbocycles. The zero-order valence-electron chi connectivity index (χ0n) is 24.9. The summed E-state index contributed by atoms with van der Waals surface area (Å²) in [6, 6.07) is 0. The SMILES string of the molecule is CCCCCCCC(=O)OC(CC(=O)O)(C(=O)O)C(CCCCCCCCCCCCCCC(C)C)C(=O)O. The first-order chi connectivity index (χ1) is 18.6. The normalized spacial score (nSPS) is 13.6. The molecular weight excluding hydrogens is 500 g/mol. The van der Waals surface area contributed by atoms with E-state index >= 15 is 0 Å². The van der Waals surface area contributed by atoms with E-state index in [2.05, 4.69) is 20.8 Å². The molecule has 0 aliphatic heterocycles. The Labute approximate surface area is 236 Å². The second kappa shape index (κ2) is 22.7. The molecule has 0 rings (SSSR count). The average molecular weight is 557 g/mol. The highest BCUT2D eigenvalue weighted by molar-refractivity contribution is 5.92. The second-order valence-corrected chi connectivity index (χ2v) is 11.5. The van der Waals surface area contributed by atoms with Gasteiger partial charge < -0.3 is 20.1 Å². The van der Waals surface area contributed by atoms with Crippen LogP contribution in [0.15, 0.2) is 0 Å². The lowest BCUT2D eigenvalue weighted by atomic mass is 9.80. The Morgan fingerprint density at radius 1 is 0.641 bits per heavy atom. The zero-order chi connectivity index (χ0) is 29.5. The van der Waals surface area contributed by atoms with Gasteiger partial charge in [0.2, 0.25) is 5.60 Å². The number of ether oxygens (including phenoxy) is 1. The lowest BCUT2D eigenvalue weighted by molar-refractivity contribution is -0.195. The van der Waals surface area contributed by atoms with Crippen LogP contribution in [0, 0.1) is 11.8 Å². The molecule has 2 unspecified atom stereocenters. The summed E-state index contributed by atoms with van der Waals surface area (Å²) >= 11 is 0. The van der Waals surface area contributed by atoms with Crippen molar-refractivity contribution in [2.24, 2.45) is 11.8 Å². The average Bonchev–Trinajstić information content (AvgIpc) is 2.85. The molecule has 8 heteroatoms.